The van der Waals surface area contributed by atoms with Crippen molar-refractivity contribution in [3.8, 4) is 0 Å². The molecule has 1 aliphatic rings. The van der Waals surface area contributed by atoms with Crippen molar-refractivity contribution >= 4 is 11.3 Å². The van der Waals surface area contributed by atoms with Crippen LogP contribution in [0.4, 0.5) is 0 Å². The molecule has 0 saturated carbocycles. The first-order valence-electron chi connectivity index (χ1n) is 7.88. The second-order valence-electron chi connectivity index (χ2n) is 6.56. The molecule has 1 N–H and O–H groups in total. The van der Waals surface area contributed by atoms with E-state index < -0.39 is 0 Å². The second kappa shape index (κ2) is 6.29. The van der Waals surface area contributed by atoms with Gasteiger partial charge in [0.15, 0.2) is 0 Å². The predicted octanol–water partition coefficient (Wildman–Crippen LogP) is 4.36. The van der Waals surface area contributed by atoms with Crippen LogP contribution in [0.25, 0.3) is 0 Å². The molecule has 1 aromatic carbocycles. The Labute approximate surface area is 131 Å². The number of hydrogen-bond donors (Lipinski definition) is 1. The fraction of sp³-hybridized carbons (Fsp3) is 0.500. The molecule has 2 nitrogen and oxygen atoms in total. The normalized spacial score (nSPS) is 21.0. The lowest BCUT2D eigenvalue weighted by Gasteiger charge is -2.18. The zero-order valence-corrected chi connectivity index (χ0v) is 13.9. The van der Waals surface area contributed by atoms with E-state index in [1.165, 1.54) is 27.4 Å². The van der Waals surface area contributed by atoms with Gasteiger partial charge in [-0.25, -0.2) is 4.98 Å². The van der Waals surface area contributed by atoms with E-state index in [0.717, 1.165) is 13.0 Å². The van der Waals surface area contributed by atoms with Crippen LogP contribution in [0.2, 0.25) is 0 Å². The molecular weight excluding hydrogens is 276 g/mol. The van der Waals surface area contributed by atoms with E-state index in [2.05, 4.69) is 55.3 Å². The highest BCUT2D eigenvalue weighted by atomic mass is 32.1. The van der Waals surface area contributed by atoms with Crippen LogP contribution in [0.3, 0.4) is 0 Å². The van der Waals surface area contributed by atoms with Gasteiger partial charge in [0.05, 0.1) is 5.01 Å². The number of nitrogens with one attached hydrogen (secondary N) is 1. The van der Waals surface area contributed by atoms with Gasteiger partial charge in [-0.3, -0.25) is 0 Å². The number of aromatic nitrogens is 1. The minimum Gasteiger partial charge on any atom is -0.305 e. The molecule has 2 atom stereocenters. The predicted molar refractivity (Wildman–Crippen MR) is 89.5 cm³/mol. The Hall–Kier alpha value is -1.19. The van der Waals surface area contributed by atoms with Crippen molar-refractivity contribution in [2.24, 2.45) is 11.8 Å². The number of nitrogens with zero attached hydrogens (tertiary/aromatic N) is 1. The molecule has 2 aromatic rings. The van der Waals surface area contributed by atoms with Crippen LogP contribution in [-0.2, 0) is 19.4 Å². The van der Waals surface area contributed by atoms with Crippen molar-refractivity contribution in [1.82, 2.24) is 10.3 Å². The van der Waals surface area contributed by atoms with Crippen LogP contribution in [0, 0.1) is 11.8 Å². The van der Waals surface area contributed by atoms with Gasteiger partial charge >= 0.3 is 0 Å². The molecule has 1 aromatic heterocycles. The first kappa shape index (κ1) is 14.7. The zero-order chi connectivity index (χ0) is 14.8. The monoisotopic (exact) mass is 300 g/mol. The molecule has 3 rings (SSSR count). The Kier molecular flexibility index (Phi) is 4.41. The Balaban J connectivity index is 1.64. The summed E-state index contributed by atoms with van der Waals surface area (Å²) in [5.74, 6) is 1.35. The summed E-state index contributed by atoms with van der Waals surface area (Å²) in [6.45, 7) is 7.76. The van der Waals surface area contributed by atoms with Crippen molar-refractivity contribution < 1.29 is 0 Å². The summed E-state index contributed by atoms with van der Waals surface area (Å²) in [5.41, 5.74) is 2.99. The summed E-state index contributed by atoms with van der Waals surface area (Å²) in [6.07, 6.45) is 4.32. The molecule has 112 valence electrons. The third kappa shape index (κ3) is 3.35. The minimum atomic E-state index is 0.483. The molecule has 0 saturated heterocycles. The van der Waals surface area contributed by atoms with Crippen molar-refractivity contribution in [2.75, 3.05) is 0 Å². The number of rotatable bonds is 5. The molecule has 3 heteroatoms. The van der Waals surface area contributed by atoms with Crippen molar-refractivity contribution in [2.45, 2.75) is 46.2 Å². The number of thiazole rings is 1. The highest BCUT2D eigenvalue weighted by Gasteiger charge is 2.28. The third-order valence-electron chi connectivity index (χ3n) is 4.18. The summed E-state index contributed by atoms with van der Waals surface area (Å²) in [6, 6.07) is 9.32. The summed E-state index contributed by atoms with van der Waals surface area (Å²) in [7, 11) is 0. The Morgan fingerprint density at radius 2 is 2.14 bits per heavy atom. The Morgan fingerprint density at radius 3 is 2.95 bits per heavy atom. The lowest BCUT2D eigenvalue weighted by atomic mass is 10.0. The van der Waals surface area contributed by atoms with Gasteiger partial charge in [0.2, 0.25) is 0 Å². The fourth-order valence-electron chi connectivity index (χ4n) is 3.19. The standard InChI is InChI=1S/C18H24N2S/c1-12(2)8-17-19-10-15(21-17)11-20-18-13(3)9-14-6-4-5-7-16(14)18/h4-7,10,12-13,18,20H,8-9,11H2,1-3H3/t13-,18+/m1/s1. The molecule has 1 aliphatic carbocycles. The van der Waals surface area contributed by atoms with Crippen LogP contribution in [0.15, 0.2) is 30.5 Å². The van der Waals surface area contributed by atoms with Crippen molar-refractivity contribution in [1.29, 1.82) is 0 Å². The van der Waals surface area contributed by atoms with E-state index >= 15 is 0 Å². The lowest BCUT2D eigenvalue weighted by molar-refractivity contribution is 0.416. The summed E-state index contributed by atoms with van der Waals surface area (Å²) < 4.78 is 0. The van der Waals surface area contributed by atoms with Gasteiger partial charge in [0.25, 0.3) is 0 Å². The van der Waals surface area contributed by atoms with Gasteiger partial charge in [-0.1, -0.05) is 45.0 Å². The Bertz CT molecular complexity index is 603. The molecule has 0 fully saturated rings. The number of fused-ring (bicyclic) bond motifs is 1. The largest absolute Gasteiger partial charge is 0.305 e. The molecule has 0 radical (unpaired) electrons. The number of hydrogen-bond acceptors (Lipinski definition) is 3. The van der Waals surface area contributed by atoms with Gasteiger partial charge in [-0.15, -0.1) is 11.3 Å². The second-order valence-corrected chi connectivity index (χ2v) is 7.76. The maximum absolute atomic E-state index is 4.54. The first-order chi connectivity index (χ1) is 10.1. The van der Waals surface area contributed by atoms with E-state index in [0.29, 0.717) is 17.9 Å². The molecule has 1 heterocycles. The SMILES string of the molecule is CC(C)Cc1ncc(CN[C@@H]2c3ccccc3C[C@H]2C)s1. The fourth-order valence-corrected chi connectivity index (χ4v) is 4.28. The van der Waals surface area contributed by atoms with Crippen LogP contribution in [0.5, 0.6) is 0 Å². The molecule has 0 unspecified atom stereocenters. The molecule has 0 bridgehead atoms. The topological polar surface area (TPSA) is 24.9 Å². The first-order valence-corrected chi connectivity index (χ1v) is 8.70. The molecule has 0 aliphatic heterocycles. The van der Waals surface area contributed by atoms with Crippen LogP contribution < -0.4 is 5.32 Å². The van der Waals surface area contributed by atoms with E-state index in [9.17, 15) is 0 Å². The molecule has 0 amide bonds. The van der Waals surface area contributed by atoms with Gasteiger partial charge in [-0.2, -0.15) is 0 Å². The lowest BCUT2D eigenvalue weighted by Crippen LogP contribution is -2.23. The maximum Gasteiger partial charge on any atom is 0.0930 e. The highest BCUT2D eigenvalue weighted by molar-refractivity contribution is 7.11. The average molecular weight is 300 g/mol. The van der Waals surface area contributed by atoms with Crippen LogP contribution in [-0.4, -0.2) is 4.98 Å². The third-order valence-corrected chi connectivity index (χ3v) is 5.20. The summed E-state index contributed by atoms with van der Waals surface area (Å²) in [5, 5.41) is 5.01. The maximum atomic E-state index is 4.54. The van der Waals surface area contributed by atoms with Gasteiger partial charge in [0, 0.05) is 30.1 Å². The van der Waals surface area contributed by atoms with Crippen LogP contribution >= 0.6 is 11.3 Å². The van der Waals surface area contributed by atoms with Gasteiger partial charge < -0.3 is 5.32 Å². The molecular formula is C18H24N2S. The van der Waals surface area contributed by atoms with E-state index in [-0.39, 0.29) is 0 Å². The van der Waals surface area contributed by atoms with Crippen molar-refractivity contribution in [3.05, 3.63) is 51.5 Å². The zero-order valence-electron chi connectivity index (χ0n) is 13.1. The smallest absolute Gasteiger partial charge is 0.0930 e. The van der Waals surface area contributed by atoms with Gasteiger partial charge in [0.1, 0.15) is 0 Å². The van der Waals surface area contributed by atoms with Crippen LogP contribution in [0.1, 0.15) is 47.8 Å². The molecule has 21 heavy (non-hydrogen) atoms. The molecule has 0 spiro atoms. The minimum absolute atomic E-state index is 0.483. The summed E-state index contributed by atoms with van der Waals surface area (Å²) in [4.78, 5) is 5.89. The van der Waals surface area contributed by atoms with Gasteiger partial charge in [-0.05, 0) is 29.4 Å². The highest BCUT2D eigenvalue weighted by Crippen LogP contribution is 2.35. The van der Waals surface area contributed by atoms with E-state index in [4.69, 9.17) is 0 Å². The average Bonchev–Trinajstić information content (AvgIpc) is 2.99. The summed E-state index contributed by atoms with van der Waals surface area (Å²) >= 11 is 1.85. The number of benzene rings is 1. The quantitative estimate of drug-likeness (QED) is 0.887. The van der Waals surface area contributed by atoms with E-state index in [1.54, 1.807) is 0 Å². The van der Waals surface area contributed by atoms with Crippen molar-refractivity contribution in [3.63, 3.8) is 0 Å². The Morgan fingerprint density at radius 1 is 1.33 bits per heavy atom. The van der Waals surface area contributed by atoms with E-state index in [1.807, 2.05) is 17.5 Å².